The highest BCUT2D eigenvalue weighted by molar-refractivity contribution is 9.10. The number of ether oxygens (including phenoxy) is 1. The van der Waals surface area contributed by atoms with Crippen molar-refractivity contribution in [3.8, 4) is 11.4 Å². The van der Waals surface area contributed by atoms with Crippen molar-refractivity contribution in [3.63, 3.8) is 0 Å². The molecule has 0 saturated carbocycles. The molecule has 0 aliphatic carbocycles. The van der Waals surface area contributed by atoms with Gasteiger partial charge in [-0.1, -0.05) is 0 Å². The predicted molar refractivity (Wildman–Crippen MR) is 88.9 cm³/mol. The Labute approximate surface area is 155 Å². The van der Waals surface area contributed by atoms with Crippen LogP contribution in [-0.4, -0.2) is 42.7 Å². The third kappa shape index (κ3) is 4.26. The second-order valence-corrected chi connectivity index (χ2v) is 5.93. The van der Waals surface area contributed by atoms with Crippen LogP contribution >= 0.6 is 15.9 Å². The zero-order chi connectivity index (χ0) is 20.5. The Balaban J connectivity index is 1.96. The van der Waals surface area contributed by atoms with Crippen LogP contribution in [0.4, 0.5) is 8.78 Å². The second-order valence-electron chi connectivity index (χ2n) is 5.01. The fourth-order valence-electron chi connectivity index (χ4n) is 2.27. The molecule has 132 valence electrons. The van der Waals surface area contributed by atoms with Gasteiger partial charge in [0.05, 0.1) is 32.8 Å². The number of alkyl halides is 2. The van der Waals surface area contributed by atoms with E-state index in [9.17, 15) is 8.78 Å². The molecule has 3 aromatic heterocycles. The van der Waals surface area contributed by atoms with Gasteiger partial charge in [-0.15, -0.1) is 0 Å². The van der Waals surface area contributed by atoms with Crippen molar-refractivity contribution < 1.29 is 17.6 Å². The number of hydrogen-bond donors (Lipinski definition) is 0. The van der Waals surface area contributed by atoms with Gasteiger partial charge in [0.15, 0.2) is 5.82 Å². The van der Waals surface area contributed by atoms with Crippen molar-refractivity contribution >= 4 is 15.9 Å². The largest absolute Gasteiger partial charge is 0.345 e. The lowest BCUT2D eigenvalue weighted by Crippen LogP contribution is -2.16. The lowest BCUT2D eigenvalue weighted by Gasteiger charge is -2.17. The summed E-state index contributed by atoms with van der Waals surface area (Å²) in [5, 5.41) is 8.20. The third-order valence-electron chi connectivity index (χ3n) is 3.41. The average Bonchev–Trinajstić information content (AvgIpc) is 3.20. The maximum Gasteiger partial charge on any atom is 0.345 e. The maximum absolute atomic E-state index is 12.9. The predicted octanol–water partition coefficient (Wildman–Crippen LogP) is 3.05. The number of rotatable bonds is 7. The standard InChI is InChI=1S/C15H15BrF2N6O/c1-23-14(20-9-22-23)10-6-21-24(8-10)13(4-5-25-15(17)18)12-3-2-11(16)7-19-12/h2-3,6-9,13,15H,4-5H2,1H3/i5D2,15D. The van der Waals surface area contributed by atoms with E-state index in [-0.39, 0.29) is 0 Å². The van der Waals surface area contributed by atoms with Crippen molar-refractivity contribution in [3.05, 3.63) is 47.2 Å². The first-order chi connectivity index (χ1) is 13.0. The van der Waals surface area contributed by atoms with E-state index in [0.717, 1.165) is 0 Å². The first-order valence-corrected chi connectivity index (χ1v) is 7.91. The molecule has 3 rings (SSSR count). The molecule has 25 heavy (non-hydrogen) atoms. The lowest BCUT2D eigenvalue weighted by atomic mass is 10.1. The first-order valence-electron chi connectivity index (χ1n) is 8.62. The molecule has 0 aliphatic heterocycles. The molecule has 7 nitrogen and oxygen atoms in total. The molecule has 0 radical (unpaired) electrons. The van der Waals surface area contributed by atoms with Gasteiger partial charge in [-0.25, -0.2) is 9.67 Å². The van der Waals surface area contributed by atoms with Crippen LogP contribution in [0.2, 0.25) is 0 Å². The summed E-state index contributed by atoms with van der Waals surface area (Å²) in [7, 11) is 1.70. The Hall–Kier alpha value is -2.20. The number of halogens is 3. The van der Waals surface area contributed by atoms with E-state index in [1.165, 1.54) is 28.1 Å². The van der Waals surface area contributed by atoms with Crippen molar-refractivity contribution in [2.24, 2.45) is 7.05 Å². The number of pyridine rings is 1. The SMILES string of the molecule is [2H]C(F)(F)OC([2H])([2H])CC(c1ccc(Br)cn1)n1cc(-c2ncnn2C)cn1. The van der Waals surface area contributed by atoms with Gasteiger partial charge in [0.2, 0.25) is 0 Å². The zero-order valence-electron chi connectivity index (χ0n) is 16.0. The fraction of sp³-hybridized carbons (Fsp3) is 0.333. The summed E-state index contributed by atoms with van der Waals surface area (Å²) in [4.78, 5) is 8.35. The van der Waals surface area contributed by atoms with Crippen LogP contribution in [0.25, 0.3) is 11.4 Å². The van der Waals surface area contributed by atoms with Crippen LogP contribution in [0.15, 0.2) is 41.5 Å². The average molecular weight is 416 g/mol. The molecule has 0 aromatic carbocycles. The van der Waals surface area contributed by atoms with Gasteiger partial charge in [-0.05, 0) is 34.5 Å². The van der Waals surface area contributed by atoms with Gasteiger partial charge in [0.25, 0.3) is 0 Å². The van der Waals surface area contributed by atoms with Gasteiger partial charge < -0.3 is 4.74 Å². The van der Waals surface area contributed by atoms with E-state index in [4.69, 9.17) is 4.11 Å². The van der Waals surface area contributed by atoms with Crippen LogP contribution < -0.4 is 0 Å². The molecule has 0 amide bonds. The van der Waals surface area contributed by atoms with Crippen LogP contribution in [0.3, 0.4) is 0 Å². The summed E-state index contributed by atoms with van der Waals surface area (Å²) in [6, 6.07) is 2.44. The van der Waals surface area contributed by atoms with Gasteiger partial charge in [-0.2, -0.15) is 19.0 Å². The van der Waals surface area contributed by atoms with E-state index in [2.05, 4.69) is 40.8 Å². The molecule has 0 spiro atoms. The topological polar surface area (TPSA) is 70.7 Å². The molecular formula is C15H15BrF2N6O. The smallest absolute Gasteiger partial charge is 0.323 e. The highest BCUT2D eigenvalue weighted by atomic mass is 79.9. The molecule has 10 heteroatoms. The summed E-state index contributed by atoms with van der Waals surface area (Å²) in [6.07, 6.45) is 5.43. The summed E-state index contributed by atoms with van der Waals surface area (Å²) < 4.78 is 55.5. The highest BCUT2D eigenvalue weighted by Crippen LogP contribution is 2.24. The van der Waals surface area contributed by atoms with Crippen LogP contribution in [0, 0.1) is 0 Å². The molecule has 1 unspecified atom stereocenters. The number of nitrogens with zero attached hydrogens (tertiary/aromatic N) is 6. The third-order valence-corrected chi connectivity index (χ3v) is 3.88. The summed E-state index contributed by atoms with van der Waals surface area (Å²) >= 11 is 3.26. The van der Waals surface area contributed by atoms with E-state index >= 15 is 0 Å². The van der Waals surface area contributed by atoms with Crippen LogP contribution in [0.1, 0.15) is 22.3 Å². The Bertz CT molecular complexity index is 944. The van der Waals surface area contributed by atoms with Crippen molar-refractivity contribution in [2.75, 3.05) is 6.56 Å². The maximum atomic E-state index is 12.9. The molecule has 3 heterocycles. The molecular weight excluding hydrogens is 398 g/mol. The summed E-state index contributed by atoms with van der Waals surface area (Å²) in [6.45, 7) is -7.17. The van der Waals surface area contributed by atoms with Crippen molar-refractivity contribution in [1.29, 1.82) is 0 Å². The zero-order valence-corrected chi connectivity index (χ0v) is 14.6. The Kier molecular flexibility index (Phi) is 4.37. The Morgan fingerprint density at radius 1 is 1.32 bits per heavy atom. The minimum absolute atomic E-state index is 0.386. The number of aromatic nitrogens is 6. The molecule has 0 aliphatic rings. The van der Waals surface area contributed by atoms with Gasteiger partial charge >= 0.3 is 6.59 Å². The minimum Gasteiger partial charge on any atom is -0.323 e. The fourth-order valence-corrected chi connectivity index (χ4v) is 2.51. The molecule has 3 aromatic rings. The highest BCUT2D eigenvalue weighted by Gasteiger charge is 2.19. The van der Waals surface area contributed by atoms with Gasteiger partial charge in [0.1, 0.15) is 7.70 Å². The molecule has 0 N–H and O–H groups in total. The molecule has 0 bridgehead atoms. The Morgan fingerprint density at radius 3 is 2.80 bits per heavy atom. The summed E-state index contributed by atoms with van der Waals surface area (Å²) in [5.74, 6) is 0.533. The van der Waals surface area contributed by atoms with Crippen LogP contribution in [-0.2, 0) is 11.8 Å². The lowest BCUT2D eigenvalue weighted by molar-refractivity contribution is -0.130. The summed E-state index contributed by atoms with van der Waals surface area (Å²) in [5.41, 5.74) is 0.992. The number of aryl methyl sites for hydroxylation is 1. The quantitative estimate of drug-likeness (QED) is 0.592. The van der Waals surface area contributed by atoms with Crippen LogP contribution in [0.5, 0.6) is 0 Å². The van der Waals surface area contributed by atoms with E-state index in [1.54, 1.807) is 25.4 Å². The molecule has 1 atom stereocenters. The number of hydrogen-bond acceptors (Lipinski definition) is 5. The minimum atomic E-state index is -4.37. The van der Waals surface area contributed by atoms with E-state index in [0.29, 0.717) is 21.6 Å². The van der Waals surface area contributed by atoms with E-state index < -0.39 is 25.6 Å². The van der Waals surface area contributed by atoms with Gasteiger partial charge in [0, 0.05) is 23.9 Å². The van der Waals surface area contributed by atoms with Gasteiger partial charge in [-0.3, -0.25) is 9.67 Å². The molecule has 0 saturated heterocycles. The van der Waals surface area contributed by atoms with Crippen molar-refractivity contribution in [2.45, 2.75) is 19.1 Å². The molecule has 0 fully saturated rings. The Morgan fingerprint density at radius 2 is 2.16 bits per heavy atom. The second kappa shape index (κ2) is 7.79. The monoisotopic (exact) mass is 415 g/mol. The first kappa shape index (κ1) is 14.0. The van der Waals surface area contributed by atoms with Crippen molar-refractivity contribution in [1.82, 2.24) is 29.5 Å². The normalized spacial score (nSPS) is 15.4. The van der Waals surface area contributed by atoms with E-state index in [1.807, 2.05) is 0 Å².